The van der Waals surface area contributed by atoms with Gasteiger partial charge in [-0.15, -0.1) is 6.58 Å². The van der Waals surface area contributed by atoms with E-state index in [2.05, 4.69) is 6.58 Å². The van der Waals surface area contributed by atoms with Crippen molar-refractivity contribution in [1.82, 2.24) is 0 Å². The van der Waals surface area contributed by atoms with Crippen molar-refractivity contribution in [2.45, 2.75) is 18.8 Å². The van der Waals surface area contributed by atoms with E-state index in [4.69, 9.17) is 9.47 Å². The first kappa shape index (κ1) is 14.3. The predicted octanol–water partition coefficient (Wildman–Crippen LogP) is 2.23. The summed E-state index contributed by atoms with van der Waals surface area (Å²) in [5.41, 5.74) is 0.779. The van der Waals surface area contributed by atoms with Crippen molar-refractivity contribution in [3.8, 4) is 0 Å². The summed E-state index contributed by atoms with van der Waals surface area (Å²) < 4.78 is 9.70. The molecule has 20 heavy (non-hydrogen) atoms. The number of fused-ring (bicyclic) bond motifs is 1. The van der Waals surface area contributed by atoms with Gasteiger partial charge in [-0.1, -0.05) is 30.3 Å². The van der Waals surface area contributed by atoms with Gasteiger partial charge in [0.2, 0.25) is 0 Å². The summed E-state index contributed by atoms with van der Waals surface area (Å²) in [6.45, 7) is 3.81. The zero-order valence-corrected chi connectivity index (χ0v) is 11.7. The highest BCUT2D eigenvalue weighted by molar-refractivity contribution is 6.00. The highest BCUT2D eigenvalue weighted by Crippen LogP contribution is 2.44. The van der Waals surface area contributed by atoms with E-state index in [1.165, 1.54) is 14.2 Å². The van der Waals surface area contributed by atoms with Crippen LogP contribution in [0.5, 0.6) is 0 Å². The van der Waals surface area contributed by atoms with Crippen molar-refractivity contribution in [2.75, 3.05) is 14.2 Å². The summed E-state index contributed by atoms with van der Waals surface area (Å²) in [4.78, 5) is 24.4. The van der Waals surface area contributed by atoms with Gasteiger partial charge < -0.3 is 9.47 Å². The van der Waals surface area contributed by atoms with Crippen LogP contribution in [0.2, 0.25) is 0 Å². The molecule has 1 atom stereocenters. The second-order valence-electron chi connectivity index (χ2n) is 4.99. The Bertz CT molecular complexity index is 531. The van der Waals surface area contributed by atoms with Crippen LogP contribution in [0.3, 0.4) is 0 Å². The van der Waals surface area contributed by atoms with Crippen molar-refractivity contribution in [1.29, 1.82) is 0 Å². The topological polar surface area (TPSA) is 52.6 Å². The summed E-state index contributed by atoms with van der Waals surface area (Å²) in [7, 11) is 2.58. The molecule has 106 valence electrons. The molecule has 0 bridgehead atoms. The fourth-order valence-electron chi connectivity index (χ4n) is 2.93. The molecule has 1 unspecified atom stereocenters. The molecule has 4 nitrogen and oxygen atoms in total. The minimum Gasteiger partial charge on any atom is -0.468 e. The van der Waals surface area contributed by atoms with E-state index in [1.807, 2.05) is 24.3 Å². The number of rotatable bonds is 3. The van der Waals surface area contributed by atoms with E-state index in [0.717, 1.165) is 11.1 Å². The Kier molecular flexibility index (Phi) is 3.93. The smallest absolute Gasteiger partial charge is 0.323 e. The summed E-state index contributed by atoms with van der Waals surface area (Å²) in [6.07, 6.45) is 2.39. The van der Waals surface area contributed by atoms with E-state index < -0.39 is 17.4 Å². The van der Waals surface area contributed by atoms with Crippen molar-refractivity contribution >= 4 is 11.9 Å². The van der Waals surface area contributed by atoms with E-state index in [1.54, 1.807) is 6.08 Å². The molecule has 1 aliphatic carbocycles. The molecule has 4 heteroatoms. The molecule has 0 spiro atoms. The number of carbonyl (C=O) groups excluding carboxylic acids is 2. The Morgan fingerprint density at radius 2 is 1.85 bits per heavy atom. The number of hydrogen-bond donors (Lipinski definition) is 0. The lowest BCUT2D eigenvalue weighted by Crippen LogP contribution is -2.46. The third-order valence-electron chi connectivity index (χ3n) is 3.95. The van der Waals surface area contributed by atoms with Gasteiger partial charge in [0.15, 0.2) is 5.41 Å². The molecule has 0 fully saturated rings. The maximum atomic E-state index is 12.2. The molecular formula is C16H18O4. The van der Waals surface area contributed by atoms with Crippen molar-refractivity contribution in [2.24, 2.45) is 5.41 Å². The van der Waals surface area contributed by atoms with Crippen LogP contribution in [0.25, 0.3) is 0 Å². The molecule has 0 amide bonds. The fraction of sp³-hybridized carbons (Fsp3) is 0.375. The molecule has 0 saturated carbocycles. The normalized spacial score (nSPS) is 19.6. The molecular weight excluding hydrogens is 256 g/mol. The lowest BCUT2D eigenvalue weighted by atomic mass is 9.67. The molecule has 0 heterocycles. The van der Waals surface area contributed by atoms with Crippen LogP contribution >= 0.6 is 0 Å². The fourth-order valence-corrected chi connectivity index (χ4v) is 2.93. The van der Waals surface area contributed by atoms with E-state index >= 15 is 0 Å². The number of ether oxygens (including phenoxy) is 2. The van der Waals surface area contributed by atoms with Gasteiger partial charge in [0, 0.05) is 5.92 Å². The number of hydrogen-bond acceptors (Lipinski definition) is 4. The van der Waals surface area contributed by atoms with Crippen LogP contribution in [0, 0.1) is 5.41 Å². The zero-order chi connectivity index (χ0) is 14.8. The van der Waals surface area contributed by atoms with E-state index in [9.17, 15) is 9.59 Å². The summed E-state index contributed by atoms with van der Waals surface area (Å²) in [6, 6.07) is 7.76. The number of allylic oxidation sites excluding steroid dienone is 1. The molecule has 0 aromatic heterocycles. The number of carbonyl (C=O) groups is 2. The summed E-state index contributed by atoms with van der Waals surface area (Å²) >= 11 is 0. The molecule has 0 N–H and O–H groups in total. The van der Waals surface area contributed by atoms with Crippen LogP contribution in [-0.2, 0) is 25.5 Å². The first-order valence-corrected chi connectivity index (χ1v) is 6.46. The van der Waals surface area contributed by atoms with Gasteiger partial charge in [-0.3, -0.25) is 9.59 Å². The molecule has 1 aromatic rings. The number of benzene rings is 1. The van der Waals surface area contributed by atoms with Crippen LogP contribution in [0.4, 0.5) is 0 Å². The highest BCUT2D eigenvalue weighted by atomic mass is 16.5. The van der Waals surface area contributed by atoms with Crippen LogP contribution in [0.15, 0.2) is 36.9 Å². The Morgan fingerprint density at radius 3 is 2.40 bits per heavy atom. The maximum absolute atomic E-state index is 12.2. The number of methoxy groups -OCH3 is 2. The van der Waals surface area contributed by atoms with Crippen LogP contribution < -0.4 is 0 Å². The predicted molar refractivity (Wildman–Crippen MR) is 74.2 cm³/mol. The second-order valence-corrected chi connectivity index (χ2v) is 4.99. The zero-order valence-electron chi connectivity index (χ0n) is 11.7. The van der Waals surface area contributed by atoms with Crippen LogP contribution in [0.1, 0.15) is 23.5 Å². The highest BCUT2D eigenvalue weighted by Gasteiger charge is 2.52. The van der Waals surface area contributed by atoms with Crippen molar-refractivity contribution < 1.29 is 19.1 Å². The Morgan fingerprint density at radius 1 is 1.25 bits per heavy atom. The lowest BCUT2D eigenvalue weighted by Gasteiger charge is -2.36. The van der Waals surface area contributed by atoms with Crippen LogP contribution in [-0.4, -0.2) is 26.2 Å². The van der Waals surface area contributed by atoms with Gasteiger partial charge >= 0.3 is 11.9 Å². The van der Waals surface area contributed by atoms with E-state index in [-0.39, 0.29) is 5.92 Å². The van der Waals surface area contributed by atoms with Crippen molar-refractivity contribution in [3.63, 3.8) is 0 Å². The monoisotopic (exact) mass is 274 g/mol. The standard InChI is InChI=1S/C16H18O4/c1-4-11-9-16(14(17)19-2,15(18)20-3)10-12-7-5-6-8-13(11)12/h4-8,11H,1,9-10H2,2-3H3. The Hall–Kier alpha value is -2.10. The molecule has 1 aromatic carbocycles. The lowest BCUT2D eigenvalue weighted by molar-refractivity contribution is -0.170. The quantitative estimate of drug-likeness (QED) is 0.482. The minimum absolute atomic E-state index is 0.0712. The van der Waals surface area contributed by atoms with Gasteiger partial charge in [0.1, 0.15) is 0 Å². The third-order valence-corrected chi connectivity index (χ3v) is 3.95. The molecule has 0 radical (unpaired) electrons. The molecule has 0 aliphatic heterocycles. The molecule has 2 rings (SSSR count). The molecule has 1 aliphatic rings. The van der Waals surface area contributed by atoms with Gasteiger partial charge in [-0.2, -0.15) is 0 Å². The maximum Gasteiger partial charge on any atom is 0.323 e. The van der Waals surface area contributed by atoms with Crippen molar-refractivity contribution in [3.05, 3.63) is 48.0 Å². The largest absolute Gasteiger partial charge is 0.468 e. The number of esters is 2. The average molecular weight is 274 g/mol. The van der Waals surface area contributed by atoms with Gasteiger partial charge in [-0.25, -0.2) is 0 Å². The summed E-state index contributed by atoms with van der Waals surface area (Å²) in [5.74, 6) is -1.17. The SMILES string of the molecule is C=CC1CC(C(=O)OC)(C(=O)OC)Cc2ccccc21. The minimum atomic E-state index is -1.28. The Balaban J connectivity index is 2.54. The van der Waals surface area contributed by atoms with Gasteiger partial charge in [0.25, 0.3) is 0 Å². The first-order chi connectivity index (χ1) is 9.58. The second kappa shape index (κ2) is 5.49. The van der Waals surface area contributed by atoms with E-state index in [0.29, 0.717) is 12.8 Å². The first-order valence-electron chi connectivity index (χ1n) is 6.46. The Labute approximate surface area is 118 Å². The third kappa shape index (κ3) is 2.11. The van der Waals surface area contributed by atoms with Gasteiger partial charge in [-0.05, 0) is 24.0 Å². The summed E-state index contributed by atoms with van der Waals surface area (Å²) in [5, 5.41) is 0. The molecule has 0 saturated heterocycles. The average Bonchev–Trinajstić information content (AvgIpc) is 2.51. The van der Waals surface area contributed by atoms with Gasteiger partial charge in [0.05, 0.1) is 14.2 Å².